The van der Waals surface area contributed by atoms with Crippen molar-refractivity contribution < 1.29 is 18.4 Å². The Kier molecular flexibility index (Phi) is 6.10. The maximum atomic E-state index is 12.6. The molecule has 0 aliphatic heterocycles. The van der Waals surface area contributed by atoms with Crippen molar-refractivity contribution >= 4 is 35.9 Å². The zero-order valence-corrected chi connectivity index (χ0v) is 17.5. The first-order valence-electron chi connectivity index (χ1n) is 8.88. The summed E-state index contributed by atoms with van der Waals surface area (Å²) in [6.45, 7) is 5.81. The van der Waals surface area contributed by atoms with Gasteiger partial charge in [-0.05, 0) is 62.7 Å². The molecule has 0 radical (unpaired) electrons. The van der Waals surface area contributed by atoms with Gasteiger partial charge >= 0.3 is 5.97 Å². The van der Waals surface area contributed by atoms with Crippen molar-refractivity contribution in [1.29, 1.82) is 0 Å². The van der Waals surface area contributed by atoms with E-state index in [2.05, 4.69) is 5.32 Å². The largest absolute Gasteiger partial charge is 0.467 e. The summed E-state index contributed by atoms with van der Waals surface area (Å²) < 4.78 is 15.9. The zero-order chi connectivity index (χ0) is 20.3. The van der Waals surface area contributed by atoms with Gasteiger partial charge in [0.2, 0.25) is 0 Å². The first-order chi connectivity index (χ1) is 13.3. The van der Waals surface area contributed by atoms with Crippen LogP contribution in [0.15, 0.2) is 57.6 Å². The molecule has 2 atom stereocenters. The van der Waals surface area contributed by atoms with E-state index in [1.54, 1.807) is 43.5 Å². The molecule has 0 bridgehead atoms. The van der Waals surface area contributed by atoms with Crippen LogP contribution in [0.3, 0.4) is 0 Å². The van der Waals surface area contributed by atoms with Gasteiger partial charge in [0.15, 0.2) is 6.04 Å². The molecule has 2 unspecified atom stereocenters. The molecule has 1 N–H and O–H groups in total. The Balaban J connectivity index is 1.94. The van der Waals surface area contributed by atoms with Gasteiger partial charge in [-0.25, -0.2) is 4.79 Å². The highest BCUT2D eigenvalue weighted by molar-refractivity contribution is 7.81. The fraction of sp³-hybridized carbons (Fsp3) is 0.286. The second-order valence-electron chi connectivity index (χ2n) is 6.54. The Hall–Kier alpha value is -2.31. The van der Waals surface area contributed by atoms with Crippen LogP contribution in [0.25, 0.3) is 0 Å². The van der Waals surface area contributed by atoms with E-state index in [4.69, 9.17) is 37.8 Å². The Morgan fingerprint density at radius 2 is 2.07 bits per heavy atom. The molecular formula is C21H22ClNO4S. The van der Waals surface area contributed by atoms with Gasteiger partial charge < -0.3 is 18.9 Å². The fourth-order valence-electron chi connectivity index (χ4n) is 2.82. The number of carbonyl (C=O) groups excluding carboxylic acids is 1. The molecule has 0 fully saturated rings. The highest BCUT2D eigenvalue weighted by Crippen LogP contribution is 2.38. The lowest BCUT2D eigenvalue weighted by molar-refractivity contribution is -0.144. The van der Waals surface area contributed by atoms with Gasteiger partial charge in [0.1, 0.15) is 22.0 Å². The lowest BCUT2D eigenvalue weighted by atomic mass is 10.1. The topological polar surface area (TPSA) is 64.6 Å². The van der Waals surface area contributed by atoms with Crippen LogP contribution in [0.5, 0.6) is 0 Å². The van der Waals surface area contributed by atoms with Gasteiger partial charge in [0.25, 0.3) is 0 Å². The summed E-state index contributed by atoms with van der Waals surface area (Å²) in [7, 11) is 0. The Labute approximate surface area is 174 Å². The van der Waals surface area contributed by atoms with Gasteiger partial charge in [0.05, 0.1) is 12.9 Å². The minimum atomic E-state index is -0.827. The van der Waals surface area contributed by atoms with Crippen LogP contribution < -0.4 is 5.32 Å². The summed E-state index contributed by atoms with van der Waals surface area (Å²) in [5.74, 6) is 1.17. The number of nitrogens with one attached hydrogen (secondary N) is 1. The minimum absolute atomic E-state index is 0.260. The molecule has 0 aliphatic rings. The second-order valence-corrected chi connectivity index (χ2v) is 7.87. The predicted molar refractivity (Wildman–Crippen MR) is 112 cm³/mol. The van der Waals surface area contributed by atoms with Crippen LogP contribution in [0.1, 0.15) is 42.7 Å². The predicted octanol–water partition coefficient (Wildman–Crippen LogP) is 5.74. The smallest absolute Gasteiger partial charge is 0.336 e. The first-order valence-corrected chi connectivity index (χ1v) is 9.71. The molecule has 0 amide bonds. The molecule has 3 aromatic rings. The lowest BCUT2D eigenvalue weighted by Gasteiger charge is -2.20. The maximum absolute atomic E-state index is 12.6. The van der Waals surface area contributed by atoms with Crippen LogP contribution >= 0.6 is 24.2 Å². The van der Waals surface area contributed by atoms with E-state index in [9.17, 15) is 4.79 Å². The van der Waals surface area contributed by atoms with Crippen LogP contribution in [0.4, 0.5) is 5.69 Å². The fourth-order valence-corrected chi connectivity index (χ4v) is 3.24. The van der Waals surface area contributed by atoms with Crippen molar-refractivity contribution in [3.8, 4) is 0 Å². The summed E-state index contributed by atoms with van der Waals surface area (Å²) >= 11 is 10.8. The normalized spacial score (nSPS) is 14.3. The van der Waals surface area contributed by atoms with Gasteiger partial charge in [-0.1, -0.05) is 17.7 Å². The van der Waals surface area contributed by atoms with Gasteiger partial charge in [-0.2, -0.15) is 12.6 Å². The molecule has 3 rings (SSSR count). The summed E-state index contributed by atoms with van der Waals surface area (Å²) in [5.41, 5.74) is 1.67. The van der Waals surface area contributed by atoms with Crippen molar-refractivity contribution in [3.63, 3.8) is 0 Å². The molecule has 0 aliphatic carbocycles. The second kappa shape index (κ2) is 8.37. The summed E-state index contributed by atoms with van der Waals surface area (Å²) in [4.78, 5) is 12.6. The van der Waals surface area contributed by atoms with E-state index in [1.165, 1.54) is 0 Å². The summed E-state index contributed by atoms with van der Waals surface area (Å²) in [6.07, 6.45) is 1.58. The van der Waals surface area contributed by atoms with E-state index in [0.29, 0.717) is 22.3 Å². The number of hydrogen-bond donors (Lipinski definition) is 2. The number of ether oxygens (including phenoxy) is 1. The number of benzene rings is 1. The third-order valence-electron chi connectivity index (χ3n) is 4.41. The zero-order valence-electron chi connectivity index (χ0n) is 15.9. The molecule has 0 spiro atoms. The molecule has 1 aromatic carbocycles. The van der Waals surface area contributed by atoms with Crippen molar-refractivity contribution in [3.05, 3.63) is 76.6 Å². The molecule has 7 heteroatoms. The third-order valence-corrected chi connectivity index (χ3v) is 5.09. The quantitative estimate of drug-likeness (QED) is 0.377. The Morgan fingerprint density at radius 1 is 1.29 bits per heavy atom. The van der Waals surface area contributed by atoms with E-state index in [0.717, 1.165) is 11.3 Å². The molecule has 5 nitrogen and oxygen atoms in total. The number of halogens is 1. The summed E-state index contributed by atoms with van der Waals surface area (Å²) in [6, 6.07) is 11.7. The van der Waals surface area contributed by atoms with Crippen LogP contribution in [-0.2, 0) is 14.3 Å². The Morgan fingerprint density at radius 3 is 2.75 bits per heavy atom. The average Bonchev–Trinajstić information content (AvgIpc) is 3.35. The van der Waals surface area contributed by atoms with Crippen LogP contribution in [0, 0.1) is 6.92 Å². The highest BCUT2D eigenvalue weighted by Gasteiger charge is 2.33. The van der Waals surface area contributed by atoms with E-state index >= 15 is 0 Å². The molecule has 148 valence electrons. The van der Waals surface area contributed by atoms with Crippen LogP contribution in [-0.4, -0.2) is 12.6 Å². The van der Waals surface area contributed by atoms with Gasteiger partial charge in [-0.15, -0.1) is 0 Å². The third kappa shape index (κ3) is 4.23. The van der Waals surface area contributed by atoms with Crippen molar-refractivity contribution in [1.82, 2.24) is 0 Å². The lowest BCUT2D eigenvalue weighted by Crippen LogP contribution is -2.23. The van der Waals surface area contributed by atoms with Crippen LogP contribution in [0.2, 0.25) is 5.02 Å². The standard InChI is InChI=1S/C21H22ClNO4S/c1-4-25-20(24)19(23-15-12-14(22)8-7-13(15)2)16-9-10-18(27-16)21(3,28)17-6-5-11-26-17/h5-12,19,23,28H,4H2,1-3H3. The molecule has 0 saturated carbocycles. The van der Waals surface area contributed by atoms with E-state index < -0.39 is 16.8 Å². The number of carbonyl (C=O) groups is 1. The van der Waals surface area contributed by atoms with Crippen molar-refractivity contribution in [2.45, 2.75) is 31.6 Å². The van der Waals surface area contributed by atoms with Gasteiger partial charge in [0, 0.05) is 10.7 Å². The minimum Gasteiger partial charge on any atom is -0.467 e. The first kappa shape index (κ1) is 20.4. The average molecular weight is 420 g/mol. The molecule has 28 heavy (non-hydrogen) atoms. The number of furan rings is 2. The summed E-state index contributed by atoms with van der Waals surface area (Å²) in [5, 5.41) is 3.75. The number of esters is 1. The molecular weight excluding hydrogens is 398 g/mol. The molecule has 2 heterocycles. The van der Waals surface area contributed by atoms with E-state index in [-0.39, 0.29) is 6.61 Å². The molecule has 0 saturated heterocycles. The number of aryl methyl sites for hydroxylation is 1. The van der Waals surface area contributed by atoms with Gasteiger partial charge in [-0.3, -0.25) is 0 Å². The molecule has 2 aromatic heterocycles. The van der Waals surface area contributed by atoms with Crippen molar-refractivity contribution in [2.75, 3.05) is 11.9 Å². The number of hydrogen-bond acceptors (Lipinski definition) is 6. The highest BCUT2D eigenvalue weighted by atomic mass is 35.5. The SMILES string of the molecule is CCOC(=O)C(Nc1cc(Cl)ccc1C)c1ccc(C(C)(S)c2ccco2)o1. The van der Waals surface area contributed by atoms with E-state index in [1.807, 2.05) is 26.0 Å². The number of thiol groups is 1. The maximum Gasteiger partial charge on any atom is 0.336 e. The monoisotopic (exact) mass is 419 g/mol. The Bertz CT molecular complexity index is 949. The van der Waals surface area contributed by atoms with Crippen molar-refractivity contribution in [2.24, 2.45) is 0 Å². The number of anilines is 1. The number of rotatable bonds is 7.